The molecule has 6 heteroatoms. The zero-order valence-electron chi connectivity index (χ0n) is 12.1. The van der Waals surface area contributed by atoms with Gasteiger partial charge in [0.05, 0.1) is 10.9 Å². The third-order valence-corrected chi connectivity index (χ3v) is 4.39. The summed E-state index contributed by atoms with van der Waals surface area (Å²) in [6.45, 7) is 3.01. The number of nitrogens with one attached hydrogen (secondary N) is 1. The molecule has 1 amide bonds. The summed E-state index contributed by atoms with van der Waals surface area (Å²) < 4.78 is 1.78. The van der Waals surface area contributed by atoms with Gasteiger partial charge in [0.2, 0.25) is 0 Å². The fourth-order valence-corrected chi connectivity index (χ4v) is 3.24. The number of aliphatic carboxylic acids is 1. The molecule has 2 atom stereocenters. The van der Waals surface area contributed by atoms with Gasteiger partial charge in [-0.25, -0.2) is 0 Å². The van der Waals surface area contributed by atoms with Gasteiger partial charge in [-0.05, 0) is 31.7 Å². The predicted octanol–water partition coefficient (Wildman–Crippen LogP) is 2.78. The molecular formula is C15H21ClN2O3. The average molecular weight is 313 g/mol. The quantitative estimate of drug-likeness (QED) is 0.878. The van der Waals surface area contributed by atoms with Gasteiger partial charge in [-0.3, -0.25) is 9.59 Å². The number of carbonyl (C=O) groups excluding carboxylic acids is 1. The summed E-state index contributed by atoms with van der Waals surface area (Å²) in [6.07, 6.45) is 5.26. The topological polar surface area (TPSA) is 71.3 Å². The van der Waals surface area contributed by atoms with E-state index < -0.39 is 5.97 Å². The Morgan fingerprint density at radius 3 is 2.81 bits per heavy atom. The summed E-state index contributed by atoms with van der Waals surface area (Å²) in [5.41, 5.74) is 0.519. The molecule has 0 spiro atoms. The lowest BCUT2D eigenvalue weighted by atomic mass is 9.79. The highest BCUT2D eigenvalue weighted by Crippen LogP contribution is 2.29. The van der Waals surface area contributed by atoms with Gasteiger partial charge in [0, 0.05) is 19.3 Å². The van der Waals surface area contributed by atoms with Crippen molar-refractivity contribution >= 4 is 23.5 Å². The highest BCUT2D eigenvalue weighted by molar-refractivity contribution is 6.31. The Balaban J connectivity index is 1.98. The number of rotatable bonds is 5. The van der Waals surface area contributed by atoms with Crippen LogP contribution in [0.15, 0.2) is 12.3 Å². The number of hydrogen-bond acceptors (Lipinski definition) is 2. The number of carboxylic acids is 1. The number of aryl methyl sites for hydroxylation is 1. The maximum Gasteiger partial charge on any atom is 0.306 e. The van der Waals surface area contributed by atoms with Gasteiger partial charge >= 0.3 is 5.97 Å². The number of carboxylic acid groups (broad SMARTS) is 1. The van der Waals surface area contributed by atoms with Crippen molar-refractivity contribution in [3.8, 4) is 0 Å². The molecule has 1 fully saturated rings. The van der Waals surface area contributed by atoms with Crippen LogP contribution in [0.2, 0.25) is 5.02 Å². The van der Waals surface area contributed by atoms with E-state index in [4.69, 9.17) is 11.6 Å². The van der Waals surface area contributed by atoms with Crippen LogP contribution in [0, 0.1) is 11.8 Å². The second kappa shape index (κ2) is 6.98. The molecule has 0 bridgehead atoms. The van der Waals surface area contributed by atoms with Crippen LogP contribution in [0.3, 0.4) is 0 Å². The molecule has 1 aliphatic carbocycles. The highest BCUT2D eigenvalue weighted by Gasteiger charge is 2.31. The van der Waals surface area contributed by atoms with E-state index in [2.05, 4.69) is 5.32 Å². The molecule has 1 aliphatic rings. The first-order chi connectivity index (χ1) is 10.0. The number of carbonyl (C=O) groups is 2. The molecule has 0 aromatic carbocycles. The standard InChI is InChI=1S/C15H21ClN2O3/c1-2-18-9-11(16)7-13(18)14(19)17-8-10-5-3-4-6-12(10)15(20)21/h7,9-10,12H,2-6,8H2,1H3,(H,17,19)(H,20,21). The summed E-state index contributed by atoms with van der Waals surface area (Å²) >= 11 is 5.92. The van der Waals surface area contributed by atoms with E-state index >= 15 is 0 Å². The van der Waals surface area contributed by atoms with Crippen LogP contribution in [0.25, 0.3) is 0 Å². The smallest absolute Gasteiger partial charge is 0.306 e. The van der Waals surface area contributed by atoms with Crippen molar-refractivity contribution in [2.45, 2.75) is 39.2 Å². The molecular weight excluding hydrogens is 292 g/mol. The van der Waals surface area contributed by atoms with E-state index in [0.29, 0.717) is 30.2 Å². The van der Waals surface area contributed by atoms with Crippen LogP contribution in [0.5, 0.6) is 0 Å². The van der Waals surface area contributed by atoms with Crippen molar-refractivity contribution in [3.05, 3.63) is 23.0 Å². The molecule has 0 saturated heterocycles. The molecule has 2 N–H and O–H groups in total. The lowest BCUT2D eigenvalue weighted by Crippen LogP contribution is -2.37. The fraction of sp³-hybridized carbons (Fsp3) is 0.600. The summed E-state index contributed by atoms with van der Waals surface area (Å²) in [4.78, 5) is 23.5. The molecule has 2 rings (SSSR count). The van der Waals surface area contributed by atoms with Gasteiger partial charge in [0.15, 0.2) is 0 Å². The molecule has 0 radical (unpaired) electrons. The van der Waals surface area contributed by atoms with E-state index in [1.165, 1.54) is 0 Å². The Morgan fingerprint density at radius 1 is 1.43 bits per heavy atom. The highest BCUT2D eigenvalue weighted by atomic mass is 35.5. The largest absolute Gasteiger partial charge is 0.481 e. The Labute approximate surface area is 129 Å². The molecule has 116 valence electrons. The zero-order chi connectivity index (χ0) is 15.4. The molecule has 1 aromatic heterocycles. The van der Waals surface area contributed by atoms with Gasteiger partial charge in [-0.2, -0.15) is 0 Å². The summed E-state index contributed by atoms with van der Waals surface area (Å²) in [5, 5.41) is 12.6. The van der Waals surface area contributed by atoms with E-state index in [1.54, 1.807) is 16.8 Å². The molecule has 0 aliphatic heterocycles. The molecule has 1 aromatic rings. The lowest BCUT2D eigenvalue weighted by Gasteiger charge is -2.28. The third kappa shape index (κ3) is 3.79. The van der Waals surface area contributed by atoms with Crippen LogP contribution in [-0.4, -0.2) is 28.1 Å². The Hall–Kier alpha value is -1.49. The van der Waals surface area contributed by atoms with Crippen LogP contribution < -0.4 is 5.32 Å². The minimum absolute atomic E-state index is 0.0145. The first kappa shape index (κ1) is 15.9. The summed E-state index contributed by atoms with van der Waals surface area (Å²) in [6, 6.07) is 1.63. The van der Waals surface area contributed by atoms with Crippen molar-refractivity contribution in [2.24, 2.45) is 11.8 Å². The minimum Gasteiger partial charge on any atom is -0.481 e. The fourth-order valence-electron chi connectivity index (χ4n) is 3.02. The predicted molar refractivity (Wildman–Crippen MR) is 80.5 cm³/mol. The second-order valence-corrected chi connectivity index (χ2v) is 5.97. The molecule has 1 heterocycles. The third-order valence-electron chi connectivity index (χ3n) is 4.19. The molecule has 2 unspecified atom stereocenters. The number of nitrogens with zero attached hydrogens (tertiary/aromatic N) is 1. The number of halogens is 1. The van der Waals surface area contributed by atoms with Crippen LogP contribution >= 0.6 is 11.6 Å². The average Bonchev–Trinajstić information content (AvgIpc) is 2.86. The van der Waals surface area contributed by atoms with Crippen molar-refractivity contribution in [1.29, 1.82) is 0 Å². The monoisotopic (exact) mass is 312 g/mol. The van der Waals surface area contributed by atoms with Gasteiger partial charge in [-0.1, -0.05) is 24.4 Å². The number of aromatic nitrogens is 1. The normalized spacial score (nSPS) is 22.0. The zero-order valence-corrected chi connectivity index (χ0v) is 12.9. The van der Waals surface area contributed by atoms with E-state index in [0.717, 1.165) is 19.3 Å². The summed E-state index contributed by atoms with van der Waals surface area (Å²) in [7, 11) is 0. The van der Waals surface area contributed by atoms with Crippen molar-refractivity contribution in [2.75, 3.05) is 6.54 Å². The SMILES string of the molecule is CCn1cc(Cl)cc1C(=O)NCC1CCCCC1C(=O)O. The summed E-state index contributed by atoms with van der Waals surface area (Å²) in [5.74, 6) is -1.28. The first-order valence-electron chi connectivity index (χ1n) is 7.39. The van der Waals surface area contributed by atoms with Crippen molar-refractivity contribution in [1.82, 2.24) is 9.88 Å². The second-order valence-electron chi connectivity index (χ2n) is 5.53. The number of hydrogen-bond donors (Lipinski definition) is 2. The van der Waals surface area contributed by atoms with Crippen molar-refractivity contribution < 1.29 is 14.7 Å². The van der Waals surface area contributed by atoms with Crippen LogP contribution in [0.1, 0.15) is 43.1 Å². The maximum atomic E-state index is 12.2. The van der Waals surface area contributed by atoms with E-state index in [9.17, 15) is 14.7 Å². The van der Waals surface area contributed by atoms with Crippen LogP contribution in [-0.2, 0) is 11.3 Å². The van der Waals surface area contributed by atoms with E-state index in [-0.39, 0.29) is 17.7 Å². The maximum absolute atomic E-state index is 12.2. The molecule has 21 heavy (non-hydrogen) atoms. The van der Waals surface area contributed by atoms with Gasteiger partial charge in [-0.15, -0.1) is 0 Å². The Bertz CT molecular complexity index is 527. The molecule has 1 saturated carbocycles. The first-order valence-corrected chi connectivity index (χ1v) is 7.77. The van der Waals surface area contributed by atoms with Crippen LogP contribution in [0.4, 0.5) is 0 Å². The molecule has 5 nitrogen and oxygen atoms in total. The minimum atomic E-state index is -0.756. The number of amides is 1. The Morgan fingerprint density at radius 2 is 2.14 bits per heavy atom. The lowest BCUT2D eigenvalue weighted by molar-refractivity contribution is -0.144. The Kier molecular flexibility index (Phi) is 5.28. The van der Waals surface area contributed by atoms with Gasteiger partial charge in [0.25, 0.3) is 5.91 Å². The van der Waals surface area contributed by atoms with Gasteiger partial charge < -0.3 is 15.0 Å². The van der Waals surface area contributed by atoms with Gasteiger partial charge in [0.1, 0.15) is 5.69 Å². The van der Waals surface area contributed by atoms with E-state index in [1.807, 2.05) is 6.92 Å². The van der Waals surface area contributed by atoms with Crippen molar-refractivity contribution in [3.63, 3.8) is 0 Å².